The fourth-order valence-electron chi connectivity index (χ4n) is 1.98. The molecule has 0 radical (unpaired) electrons. The number of nitrogens with zero attached hydrogens (tertiary/aromatic N) is 1. The lowest BCUT2D eigenvalue weighted by Crippen LogP contribution is -2.21. The van der Waals surface area contributed by atoms with Crippen LogP contribution in [0.2, 0.25) is 0 Å². The summed E-state index contributed by atoms with van der Waals surface area (Å²) in [4.78, 5) is 12.1. The molecule has 0 bridgehead atoms. The van der Waals surface area contributed by atoms with Gasteiger partial charge in [-0.15, -0.1) is 0 Å². The average Bonchev–Trinajstić information content (AvgIpc) is 2.78. The average molecular weight is 288 g/mol. The van der Waals surface area contributed by atoms with Crippen molar-refractivity contribution >= 4 is 17.4 Å². The molecule has 2 amide bonds. The van der Waals surface area contributed by atoms with Crippen molar-refractivity contribution in [3.63, 3.8) is 0 Å². The summed E-state index contributed by atoms with van der Waals surface area (Å²) in [5, 5.41) is 12.5. The van der Waals surface area contributed by atoms with E-state index in [1.165, 1.54) is 0 Å². The predicted molar refractivity (Wildman–Crippen MR) is 82.5 cm³/mol. The summed E-state index contributed by atoms with van der Waals surface area (Å²) in [6.07, 6.45) is 0. The van der Waals surface area contributed by atoms with Gasteiger partial charge in [0.25, 0.3) is 0 Å². The lowest BCUT2D eigenvalue weighted by Gasteiger charge is -2.12. The smallest absolute Gasteiger partial charge is 0.323 e. The molecular formula is C15H20N4O2. The molecule has 21 heavy (non-hydrogen) atoms. The molecule has 1 aromatic heterocycles. The van der Waals surface area contributed by atoms with Crippen molar-refractivity contribution in [2.45, 2.75) is 27.4 Å². The minimum Gasteiger partial charge on any atom is -0.377 e. The zero-order valence-corrected chi connectivity index (χ0v) is 12.5. The molecule has 1 heterocycles. The first kappa shape index (κ1) is 15.1. The molecule has 1 aromatic carbocycles. The van der Waals surface area contributed by atoms with Crippen molar-refractivity contribution in [1.82, 2.24) is 10.2 Å². The van der Waals surface area contributed by atoms with Crippen LogP contribution in [0.5, 0.6) is 0 Å². The molecule has 0 aliphatic carbocycles. The number of nitrogens with one attached hydrogen (secondary N) is 3. The van der Waals surface area contributed by atoms with Crippen molar-refractivity contribution in [3.05, 3.63) is 41.2 Å². The summed E-state index contributed by atoms with van der Waals surface area (Å²) in [5.74, 6) is 0. The highest BCUT2D eigenvalue weighted by Gasteiger charge is 2.11. The van der Waals surface area contributed by atoms with Gasteiger partial charge in [0.15, 0.2) is 0 Å². The molecule has 0 saturated heterocycles. The van der Waals surface area contributed by atoms with Gasteiger partial charge in [-0.3, -0.25) is 5.10 Å². The molecule has 0 atom stereocenters. The lowest BCUT2D eigenvalue weighted by atomic mass is 10.2. The largest absolute Gasteiger partial charge is 0.377 e. The molecule has 2 rings (SSSR count). The topological polar surface area (TPSA) is 79.0 Å². The molecule has 3 N–H and O–H groups in total. The molecule has 0 aliphatic rings. The third kappa shape index (κ3) is 3.82. The van der Waals surface area contributed by atoms with Crippen LogP contribution in [0, 0.1) is 13.8 Å². The molecule has 112 valence electrons. The highest BCUT2D eigenvalue weighted by atomic mass is 16.5. The lowest BCUT2D eigenvalue weighted by molar-refractivity contribution is 0.134. The Morgan fingerprint density at radius 2 is 2.05 bits per heavy atom. The van der Waals surface area contributed by atoms with Crippen molar-refractivity contribution in [3.8, 4) is 0 Å². The van der Waals surface area contributed by atoms with Crippen LogP contribution in [0.1, 0.15) is 23.9 Å². The molecule has 2 aromatic rings. The summed E-state index contributed by atoms with van der Waals surface area (Å²) in [6, 6.07) is 7.27. The SMILES string of the molecule is CCOCc1ccccc1NC(=O)Nc1c(C)n[nH]c1C. The maximum Gasteiger partial charge on any atom is 0.323 e. The van der Waals surface area contributed by atoms with E-state index in [2.05, 4.69) is 20.8 Å². The monoisotopic (exact) mass is 288 g/mol. The van der Waals surface area contributed by atoms with E-state index < -0.39 is 0 Å². The van der Waals surface area contributed by atoms with Crippen LogP contribution in [-0.4, -0.2) is 22.8 Å². The maximum atomic E-state index is 12.1. The second-order valence-corrected chi connectivity index (χ2v) is 4.68. The Labute approximate surface area is 123 Å². The summed E-state index contributed by atoms with van der Waals surface area (Å²) in [6.45, 7) is 6.73. The number of para-hydroxylation sites is 1. The minimum absolute atomic E-state index is 0.299. The van der Waals surface area contributed by atoms with E-state index in [1.54, 1.807) is 0 Å². The molecule has 6 nitrogen and oxygen atoms in total. The molecule has 0 fully saturated rings. The van der Waals surface area contributed by atoms with Gasteiger partial charge in [0.2, 0.25) is 0 Å². The van der Waals surface area contributed by atoms with Gasteiger partial charge in [-0.05, 0) is 26.8 Å². The zero-order chi connectivity index (χ0) is 15.2. The van der Waals surface area contributed by atoms with Gasteiger partial charge in [0.05, 0.1) is 23.7 Å². The van der Waals surface area contributed by atoms with Gasteiger partial charge in [-0.2, -0.15) is 5.10 Å². The first-order valence-corrected chi connectivity index (χ1v) is 6.87. The molecular weight excluding hydrogens is 268 g/mol. The summed E-state index contributed by atoms with van der Waals surface area (Å²) < 4.78 is 5.40. The highest BCUT2D eigenvalue weighted by Crippen LogP contribution is 2.19. The van der Waals surface area contributed by atoms with Crippen molar-refractivity contribution in [2.75, 3.05) is 17.2 Å². The Hall–Kier alpha value is -2.34. The highest BCUT2D eigenvalue weighted by molar-refractivity contribution is 6.00. The van der Waals surface area contributed by atoms with Crippen LogP contribution < -0.4 is 10.6 Å². The Morgan fingerprint density at radius 1 is 1.29 bits per heavy atom. The van der Waals surface area contributed by atoms with Crippen LogP contribution in [-0.2, 0) is 11.3 Å². The minimum atomic E-state index is -0.299. The van der Waals surface area contributed by atoms with E-state index in [1.807, 2.05) is 45.0 Å². The fraction of sp³-hybridized carbons (Fsp3) is 0.333. The van der Waals surface area contributed by atoms with Crippen LogP contribution >= 0.6 is 0 Å². The van der Waals surface area contributed by atoms with E-state index in [-0.39, 0.29) is 6.03 Å². The van der Waals surface area contributed by atoms with Gasteiger partial charge in [0, 0.05) is 17.9 Å². The van der Waals surface area contributed by atoms with E-state index in [0.717, 1.165) is 22.6 Å². The number of rotatable bonds is 5. The number of hydrogen-bond donors (Lipinski definition) is 3. The Bertz CT molecular complexity index is 602. The number of benzene rings is 1. The third-order valence-electron chi connectivity index (χ3n) is 3.09. The van der Waals surface area contributed by atoms with Crippen molar-refractivity contribution in [1.29, 1.82) is 0 Å². The number of urea groups is 1. The van der Waals surface area contributed by atoms with Gasteiger partial charge in [-0.25, -0.2) is 4.79 Å². The summed E-state index contributed by atoms with van der Waals surface area (Å²) >= 11 is 0. The number of carbonyl (C=O) groups is 1. The second kappa shape index (κ2) is 6.90. The van der Waals surface area contributed by atoms with Gasteiger partial charge in [0.1, 0.15) is 0 Å². The first-order valence-electron chi connectivity index (χ1n) is 6.87. The molecule has 6 heteroatoms. The van der Waals surface area contributed by atoms with Gasteiger partial charge < -0.3 is 15.4 Å². The van der Waals surface area contributed by atoms with Crippen molar-refractivity contribution < 1.29 is 9.53 Å². The number of H-pyrrole nitrogens is 1. The van der Waals surface area contributed by atoms with Crippen molar-refractivity contribution in [2.24, 2.45) is 0 Å². The normalized spacial score (nSPS) is 10.4. The standard InChI is InChI=1S/C15H20N4O2/c1-4-21-9-12-7-5-6-8-13(12)16-15(20)17-14-10(2)18-19-11(14)3/h5-8H,4,9H2,1-3H3,(H,18,19)(H2,16,17,20). The third-order valence-corrected chi connectivity index (χ3v) is 3.09. The Kier molecular flexibility index (Phi) is 4.94. The number of anilines is 2. The van der Waals surface area contributed by atoms with Gasteiger partial charge >= 0.3 is 6.03 Å². The Morgan fingerprint density at radius 3 is 2.71 bits per heavy atom. The van der Waals surface area contributed by atoms with Crippen LogP contribution in [0.3, 0.4) is 0 Å². The van der Waals surface area contributed by atoms with Crippen LogP contribution in [0.15, 0.2) is 24.3 Å². The number of aromatic nitrogens is 2. The molecule has 0 saturated carbocycles. The predicted octanol–water partition coefficient (Wildman–Crippen LogP) is 3.21. The number of hydrogen-bond acceptors (Lipinski definition) is 3. The first-order chi connectivity index (χ1) is 10.1. The molecule has 0 unspecified atom stereocenters. The van der Waals surface area contributed by atoms with E-state index in [9.17, 15) is 4.79 Å². The van der Waals surface area contributed by atoms with E-state index >= 15 is 0 Å². The van der Waals surface area contributed by atoms with E-state index in [0.29, 0.717) is 18.9 Å². The quantitative estimate of drug-likeness (QED) is 0.790. The summed E-state index contributed by atoms with van der Waals surface area (Å²) in [7, 11) is 0. The number of aromatic amines is 1. The number of amides is 2. The number of aryl methyl sites for hydroxylation is 2. The number of carbonyl (C=O) groups excluding carboxylic acids is 1. The number of ether oxygens (including phenoxy) is 1. The molecule has 0 spiro atoms. The molecule has 0 aliphatic heterocycles. The van der Waals surface area contributed by atoms with E-state index in [4.69, 9.17) is 4.74 Å². The van der Waals surface area contributed by atoms with Gasteiger partial charge in [-0.1, -0.05) is 18.2 Å². The second-order valence-electron chi connectivity index (χ2n) is 4.68. The Balaban J connectivity index is 2.06. The fourth-order valence-corrected chi connectivity index (χ4v) is 1.98. The summed E-state index contributed by atoms with van der Waals surface area (Å²) in [5.41, 5.74) is 3.96. The zero-order valence-electron chi connectivity index (χ0n) is 12.5. The van der Waals surface area contributed by atoms with Crippen LogP contribution in [0.25, 0.3) is 0 Å². The maximum absolute atomic E-state index is 12.1. The van der Waals surface area contributed by atoms with Crippen LogP contribution in [0.4, 0.5) is 16.2 Å².